The quantitative estimate of drug-likeness (QED) is 0.732. The summed E-state index contributed by atoms with van der Waals surface area (Å²) in [5.74, 6) is -1.30. The molecule has 1 heterocycles. The molecule has 3 rings (SSSR count). The highest BCUT2D eigenvalue weighted by molar-refractivity contribution is 7.98. The van der Waals surface area contributed by atoms with E-state index in [9.17, 15) is 19.1 Å². The Morgan fingerprint density at radius 2 is 1.90 bits per heavy atom. The van der Waals surface area contributed by atoms with E-state index in [0.717, 1.165) is 11.0 Å². The molecule has 1 fully saturated rings. The van der Waals surface area contributed by atoms with E-state index in [0.29, 0.717) is 25.2 Å². The topological polar surface area (TPSA) is 72.9 Å². The average Bonchev–Trinajstić information content (AvgIpc) is 2.73. The predicted molar refractivity (Wildman–Crippen MR) is 112 cm³/mol. The third-order valence-corrected chi connectivity index (χ3v) is 5.77. The van der Waals surface area contributed by atoms with Crippen molar-refractivity contribution in [1.82, 2.24) is 9.80 Å². The molecular weight excluding hydrogens is 393 g/mol. The van der Waals surface area contributed by atoms with Crippen molar-refractivity contribution in [3.63, 3.8) is 0 Å². The minimum Gasteiger partial charge on any atom is -0.395 e. The second-order valence-corrected chi connectivity index (χ2v) is 7.86. The standard InChI is InChI=1S/C21H24FN3O3S/c1-24-7-8-25(12-18(24)13-26)21(28)15-9-16(22)11-17(10-15)23-20(27)14-3-5-19(29-2)6-4-14/h3-6,9-11,18,26H,7-8,12-13H2,1-2H3,(H,23,27). The van der Waals surface area contributed by atoms with Crippen LogP contribution in [0.3, 0.4) is 0 Å². The van der Waals surface area contributed by atoms with Crippen LogP contribution in [0.2, 0.25) is 0 Å². The summed E-state index contributed by atoms with van der Waals surface area (Å²) in [5.41, 5.74) is 0.837. The van der Waals surface area contributed by atoms with Crippen molar-refractivity contribution in [3.8, 4) is 0 Å². The molecule has 2 aromatic carbocycles. The molecule has 154 valence electrons. The van der Waals surface area contributed by atoms with Crippen molar-refractivity contribution < 1.29 is 19.1 Å². The monoisotopic (exact) mass is 417 g/mol. The van der Waals surface area contributed by atoms with Gasteiger partial charge in [0, 0.05) is 41.3 Å². The Morgan fingerprint density at radius 3 is 2.55 bits per heavy atom. The van der Waals surface area contributed by atoms with Crippen molar-refractivity contribution in [3.05, 3.63) is 59.4 Å². The summed E-state index contributed by atoms with van der Waals surface area (Å²) in [6, 6.07) is 10.8. The number of carbonyl (C=O) groups excluding carboxylic acids is 2. The van der Waals surface area contributed by atoms with Gasteiger partial charge in [-0.2, -0.15) is 0 Å². The van der Waals surface area contributed by atoms with Crippen LogP contribution in [0.15, 0.2) is 47.4 Å². The van der Waals surface area contributed by atoms with Gasteiger partial charge in [0.15, 0.2) is 0 Å². The lowest BCUT2D eigenvalue weighted by molar-refractivity contribution is 0.0420. The summed E-state index contributed by atoms with van der Waals surface area (Å²) in [4.78, 5) is 29.9. The number of piperazine rings is 1. The van der Waals surface area contributed by atoms with Crippen molar-refractivity contribution >= 4 is 29.3 Å². The molecule has 29 heavy (non-hydrogen) atoms. The smallest absolute Gasteiger partial charge is 0.255 e. The van der Waals surface area contributed by atoms with Gasteiger partial charge in [0.2, 0.25) is 0 Å². The molecule has 0 spiro atoms. The molecule has 1 saturated heterocycles. The van der Waals surface area contributed by atoms with Crippen molar-refractivity contribution in [1.29, 1.82) is 0 Å². The van der Waals surface area contributed by atoms with Gasteiger partial charge in [0.05, 0.1) is 12.6 Å². The van der Waals surface area contributed by atoms with Gasteiger partial charge in [-0.3, -0.25) is 14.5 Å². The molecule has 0 radical (unpaired) electrons. The van der Waals surface area contributed by atoms with Gasteiger partial charge in [-0.05, 0) is 55.8 Å². The molecular formula is C21H24FN3O3S. The highest BCUT2D eigenvalue weighted by Crippen LogP contribution is 2.20. The highest BCUT2D eigenvalue weighted by Gasteiger charge is 2.27. The summed E-state index contributed by atoms with van der Waals surface area (Å²) in [6.07, 6.45) is 1.95. The number of nitrogens with one attached hydrogen (secondary N) is 1. The number of nitrogens with zero attached hydrogens (tertiary/aromatic N) is 2. The Balaban J connectivity index is 1.75. The fourth-order valence-electron chi connectivity index (χ4n) is 3.24. The summed E-state index contributed by atoms with van der Waals surface area (Å²) >= 11 is 1.57. The van der Waals surface area contributed by atoms with E-state index in [4.69, 9.17) is 0 Å². The lowest BCUT2D eigenvalue weighted by Gasteiger charge is -2.38. The second-order valence-electron chi connectivity index (χ2n) is 6.98. The summed E-state index contributed by atoms with van der Waals surface area (Å²) in [6.45, 7) is 1.43. The minimum absolute atomic E-state index is 0.0555. The van der Waals surface area contributed by atoms with Crippen molar-refractivity contribution in [2.24, 2.45) is 0 Å². The van der Waals surface area contributed by atoms with E-state index in [1.807, 2.05) is 30.3 Å². The first-order chi connectivity index (χ1) is 13.9. The van der Waals surface area contributed by atoms with Crippen LogP contribution >= 0.6 is 11.8 Å². The number of aliphatic hydroxyl groups is 1. The maximum absolute atomic E-state index is 14.1. The first-order valence-electron chi connectivity index (χ1n) is 9.27. The van der Waals surface area contributed by atoms with Crippen LogP contribution in [0.5, 0.6) is 0 Å². The van der Waals surface area contributed by atoms with E-state index in [2.05, 4.69) is 5.32 Å². The molecule has 0 aliphatic carbocycles. The number of anilines is 1. The zero-order valence-corrected chi connectivity index (χ0v) is 17.2. The molecule has 1 aliphatic heterocycles. The van der Waals surface area contributed by atoms with Crippen LogP contribution in [-0.4, -0.2) is 72.3 Å². The van der Waals surface area contributed by atoms with Gasteiger partial charge < -0.3 is 15.3 Å². The molecule has 1 unspecified atom stereocenters. The number of thioether (sulfide) groups is 1. The van der Waals surface area contributed by atoms with Crippen LogP contribution in [0.4, 0.5) is 10.1 Å². The number of hydrogen-bond acceptors (Lipinski definition) is 5. The van der Waals surface area contributed by atoms with Crippen LogP contribution in [-0.2, 0) is 0 Å². The SMILES string of the molecule is CSc1ccc(C(=O)Nc2cc(F)cc(C(=O)N3CCN(C)C(CO)C3)c2)cc1. The maximum Gasteiger partial charge on any atom is 0.255 e. The molecule has 1 atom stereocenters. The van der Waals surface area contributed by atoms with E-state index in [-0.39, 0.29) is 35.7 Å². The van der Waals surface area contributed by atoms with Gasteiger partial charge in [0.1, 0.15) is 5.82 Å². The number of benzene rings is 2. The minimum atomic E-state index is -0.600. The molecule has 6 nitrogen and oxygen atoms in total. The second kappa shape index (κ2) is 9.39. The lowest BCUT2D eigenvalue weighted by Crippen LogP contribution is -2.54. The Kier molecular flexibility index (Phi) is 6.89. The maximum atomic E-state index is 14.1. The fourth-order valence-corrected chi connectivity index (χ4v) is 3.65. The zero-order valence-electron chi connectivity index (χ0n) is 16.4. The van der Waals surface area contributed by atoms with Crippen molar-refractivity contribution in [2.45, 2.75) is 10.9 Å². The Hall–Kier alpha value is -2.42. The largest absolute Gasteiger partial charge is 0.395 e. The number of likely N-dealkylation sites (N-methyl/N-ethyl adjacent to an activating group) is 1. The number of hydrogen-bond donors (Lipinski definition) is 2. The number of aliphatic hydroxyl groups excluding tert-OH is 1. The van der Waals surface area contributed by atoms with Gasteiger partial charge in [0.25, 0.3) is 11.8 Å². The molecule has 1 aliphatic rings. The van der Waals surface area contributed by atoms with Crippen LogP contribution in [0.25, 0.3) is 0 Å². The molecule has 8 heteroatoms. The van der Waals surface area contributed by atoms with Crippen LogP contribution < -0.4 is 5.32 Å². The molecule has 0 saturated carbocycles. The third-order valence-electron chi connectivity index (χ3n) is 5.03. The Morgan fingerprint density at radius 1 is 1.17 bits per heavy atom. The Labute approximate surface area is 173 Å². The fraction of sp³-hybridized carbons (Fsp3) is 0.333. The van der Waals surface area contributed by atoms with Gasteiger partial charge in [-0.15, -0.1) is 11.8 Å². The van der Waals surface area contributed by atoms with Crippen LogP contribution in [0, 0.1) is 5.82 Å². The zero-order chi connectivity index (χ0) is 21.0. The summed E-state index contributed by atoms with van der Waals surface area (Å²) < 4.78 is 14.1. The predicted octanol–water partition coefficient (Wildman–Crippen LogP) is 2.55. The lowest BCUT2D eigenvalue weighted by atomic mass is 10.1. The van der Waals surface area contributed by atoms with Gasteiger partial charge >= 0.3 is 0 Å². The summed E-state index contributed by atoms with van der Waals surface area (Å²) in [5, 5.41) is 12.1. The van der Waals surface area contributed by atoms with Crippen LogP contribution in [0.1, 0.15) is 20.7 Å². The summed E-state index contributed by atoms with van der Waals surface area (Å²) in [7, 11) is 1.89. The van der Waals surface area contributed by atoms with E-state index in [1.165, 1.54) is 12.1 Å². The number of carbonyl (C=O) groups is 2. The van der Waals surface area contributed by atoms with E-state index < -0.39 is 5.82 Å². The number of halogens is 1. The first kappa shape index (κ1) is 21.3. The van der Waals surface area contributed by atoms with E-state index >= 15 is 0 Å². The Bertz CT molecular complexity index is 891. The number of amides is 2. The van der Waals surface area contributed by atoms with E-state index in [1.54, 1.807) is 28.8 Å². The van der Waals surface area contributed by atoms with Crippen molar-refractivity contribution in [2.75, 3.05) is 44.9 Å². The normalized spacial score (nSPS) is 17.2. The molecule has 0 aromatic heterocycles. The molecule has 2 amide bonds. The van der Waals surface area contributed by atoms with Gasteiger partial charge in [-0.25, -0.2) is 4.39 Å². The molecule has 2 aromatic rings. The molecule has 0 bridgehead atoms. The molecule has 2 N–H and O–H groups in total. The third kappa shape index (κ3) is 5.14. The average molecular weight is 418 g/mol. The first-order valence-corrected chi connectivity index (χ1v) is 10.5. The van der Waals surface area contributed by atoms with Gasteiger partial charge in [-0.1, -0.05) is 0 Å². The highest BCUT2D eigenvalue weighted by atomic mass is 32.2. The number of rotatable bonds is 5.